The maximum absolute atomic E-state index is 12.4. The van der Waals surface area contributed by atoms with Gasteiger partial charge in [0.05, 0.1) is 5.52 Å². The second kappa shape index (κ2) is 5.03. The number of benzene rings is 2. The molecule has 0 unspecified atom stereocenters. The molecule has 0 atom stereocenters. The summed E-state index contributed by atoms with van der Waals surface area (Å²) in [6.07, 6.45) is 0. The molecule has 0 saturated heterocycles. The van der Waals surface area contributed by atoms with Gasteiger partial charge in [-0.3, -0.25) is 9.78 Å². The highest BCUT2D eigenvalue weighted by Gasteiger charge is 2.12. The van der Waals surface area contributed by atoms with Crippen LogP contribution in [0.1, 0.15) is 15.9 Å². The first kappa shape index (κ1) is 13.3. The average molecular weight is 397 g/mol. The molecule has 1 aromatic heterocycles. The van der Waals surface area contributed by atoms with E-state index in [1.165, 1.54) is 0 Å². The fraction of sp³-hybridized carbons (Fsp3) is 0. The molecule has 3 rings (SSSR count). The molecule has 1 N–H and O–H groups in total. The monoisotopic (exact) mass is 395 g/mol. The second-order valence-electron chi connectivity index (χ2n) is 4.21. The van der Waals surface area contributed by atoms with Gasteiger partial charge in [0, 0.05) is 20.1 Å². The van der Waals surface area contributed by atoms with Gasteiger partial charge in [0.1, 0.15) is 0 Å². The van der Waals surface area contributed by atoms with E-state index in [-0.39, 0.29) is 5.78 Å². The Morgan fingerprint density at radius 1 is 1.00 bits per heavy atom. The maximum Gasteiger partial charge on any atom is 0.417 e. The summed E-state index contributed by atoms with van der Waals surface area (Å²) in [7, 11) is 0. The van der Waals surface area contributed by atoms with Crippen molar-refractivity contribution in [1.29, 1.82) is 0 Å². The van der Waals surface area contributed by atoms with Gasteiger partial charge in [0.2, 0.25) is 0 Å². The zero-order valence-electron chi connectivity index (χ0n) is 9.94. The van der Waals surface area contributed by atoms with Crippen molar-refractivity contribution in [2.75, 3.05) is 0 Å². The lowest BCUT2D eigenvalue weighted by Crippen LogP contribution is -2.01. The van der Waals surface area contributed by atoms with Gasteiger partial charge >= 0.3 is 5.76 Å². The minimum atomic E-state index is -0.533. The molecule has 2 aromatic carbocycles. The number of aromatic nitrogens is 1. The summed E-state index contributed by atoms with van der Waals surface area (Å²) in [6.45, 7) is 0. The van der Waals surface area contributed by atoms with Gasteiger partial charge < -0.3 is 4.42 Å². The standard InChI is InChI=1S/C14H7Br2NO3/c15-9-3-8(4-10(16)6-9)13(18)7-1-2-11-12(5-7)20-14(19)17-11/h1-6H,(H,17,19). The van der Waals surface area contributed by atoms with Crippen molar-refractivity contribution in [3.05, 3.63) is 67.0 Å². The summed E-state index contributed by atoms with van der Waals surface area (Å²) in [5.41, 5.74) is 1.95. The van der Waals surface area contributed by atoms with E-state index in [2.05, 4.69) is 36.8 Å². The summed E-state index contributed by atoms with van der Waals surface area (Å²) in [5.74, 6) is -0.674. The number of halogens is 2. The molecule has 0 fully saturated rings. The van der Waals surface area contributed by atoms with E-state index in [0.29, 0.717) is 22.2 Å². The van der Waals surface area contributed by atoms with Crippen molar-refractivity contribution in [1.82, 2.24) is 4.98 Å². The molecule has 20 heavy (non-hydrogen) atoms. The number of H-pyrrole nitrogens is 1. The smallest absolute Gasteiger partial charge is 0.408 e. The van der Waals surface area contributed by atoms with E-state index >= 15 is 0 Å². The normalized spacial score (nSPS) is 10.9. The molecule has 6 heteroatoms. The molecule has 0 spiro atoms. The van der Waals surface area contributed by atoms with Crippen LogP contribution in [0.15, 0.2) is 54.6 Å². The topological polar surface area (TPSA) is 63.1 Å². The van der Waals surface area contributed by atoms with Crippen LogP contribution in [0.25, 0.3) is 11.1 Å². The molecule has 0 amide bonds. The van der Waals surface area contributed by atoms with Crippen molar-refractivity contribution >= 4 is 48.7 Å². The van der Waals surface area contributed by atoms with Gasteiger partial charge in [-0.1, -0.05) is 31.9 Å². The van der Waals surface area contributed by atoms with Crippen LogP contribution in [0.5, 0.6) is 0 Å². The number of fused-ring (bicyclic) bond motifs is 1. The third-order valence-electron chi connectivity index (χ3n) is 2.81. The average Bonchev–Trinajstić information content (AvgIpc) is 2.75. The number of ketones is 1. The number of oxazole rings is 1. The molecular formula is C14H7Br2NO3. The summed E-state index contributed by atoms with van der Waals surface area (Å²) < 4.78 is 6.58. The first-order chi connectivity index (χ1) is 9.52. The zero-order chi connectivity index (χ0) is 14.3. The fourth-order valence-electron chi connectivity index (χ4n) is 1.94. The Morgan fingerprint density at radius 2 is 1.70 bits per heavy atom. The Labute approximate surface area is 130 Å². The molecule has 100 valence electrons. The van der Waals surface area contributed by atoms with Crippen LogP contribution in [-0.2, 0) is 0 Å². The summed E-state index contributed by atoms with van der Waals surface area (Å²) in [5, 5.41) is 0. The van der Waals surface area contributed by atoms with Crippen molar-refractivity contribution in [2.24, 2.45) is 0 Å². The van der Waals surface area contributed by atoms with Gasteiger partial charge in [0.15, 0.2) is 11.4 Å². The van der Waals surface area contributed by atoms with Crippen LogP contribution in [0.4, 0.5) is 0 Å². The molecule has 3 aromatic rings. The Kier molecular flexibility index (Phi) is 3.35. The molecule has 0 saturated carbocycles. The van der Waals surface area contributed by atoms with Gasteiger partial charge in [-0.2, -0.15) is 0 Å². The van der Waals surface area contributed by atoms with Crippen LogP contribution in [0.3, 0.4) is 0 Å². The maximum atomic E-state index is 12.4. The first-order valence-corrected chi connectivity index (χ1v) is 7.25. The number of hydrogen-bond acceptors (Lipinski definition) is 3. The van der Waals surface area contributed by atoms with Crippen molar-refractivity contribution < 1.29 is 9.21 Å². The molecule has 0 aliphatic carbocycles. The van der Waals surface area contributed by atoms with Gasteiger partial charge in [-0.15, -0.1) is 0 Å². The van der Waals surface area contributed by atoms with E-state index in [1.54, 1.807) is 30.3 Å². The number of carbonyl (C=O) groups excluding carboxylic acids is 1. The van der Waals surface area contributed by atoms with E-state index in [1.807, 2.05) is 6.07 Å². The van der Waals surface area contributed by atoms with Crippen LogP contribution < -0.4 is 5.76 Å². The first-order valence-electron chi connectivity index (χ1n) is 5.66. The third kappa shape index (κ3) is 2.48. The van der Waals surface area contributed by atoms with Crippen molar-refractivity contribution in [3.8, 4) is 0 Å². The Hall–Kier alpha value is -1.66. The van der Waals surface area contributed by atoms with E-state index in [0.717, 1.165) is 8.95 Å². The molecule has 1 heterocycles. The molecule has 0 bridgehead atoms. The molecule has 0 aliphatic heterocycles. The number of carbonyl (C=O) groups is 1. The predicted molar refractivity (Wildman–Crippen MR) is 82.1 cm³/mol. The number of hydrogen-bond donors (Lipinski definition) is 1. The Bertz CT molecular complexity index is 859. The van der Waals surface area contributed by atoms with Crippen molar-refractivity contribution in [3.63, 3.8) is 0 Å². The predicted octanol–water partition coefficient (Wildman–Crippen LogP) is 3.88. The van der Waals surface area contributed by atoms with Crippen LogP contribution in [0.2, 0.25) is 0 Å². The molecule has 0 aliphatic rings. The van der Waals surface area contributed by atoms with Gasteiger partial charge in [-0.25, -0.2) is 4.79 Å². The number of nitrogens with one attached hydrogen (secondary N) is 1. The lowest BCUT2D eigenvalue weighted by Gasteiger charge is -2.03. The molecular weight excluding hydrogens is 390 g/mol. The van der Waals surface area contributed by atoms with Crippen molar-refractivity contribution in [2.45, 2.75) is 0 Å². The van der Waals surface area contributed by atoms with E-state index in [9.17, 15) is 9.59 Å². The summed E-state index contributed by atoms with van der Waals surface area (Å²) in [4.78, 5) is 26.1. The quantitative estimate of drug-likeness (QED) is 0.668. The van der Waals surface area contributed by atoms with E-state index in [4.69, 9.17) is 4.42 Å². The van der Waals surface area contributed by atoms with Gasteiger partial charge in [0.25, 0.3) is 0 Å². The Balaban J connectivity index is 2.09. The highest BCUT2D eigenvalue weighted by Crippen LogP contribution is 2.23. The van der Waals surface area contributed by atoms with E-state index < -0.39 is 5.76 Å². The Morgan fingerprint density at radius 3 is 2.40 bits per heavy atom. The van der Waals surface area contributed by atoms with Crippen LogP contribution in [0, 0.1) is 0 Å². The highest BCUT2D eigenvalue weighted by molar-refractivity contribution is 9.11. The van der Waals surface area contributed by atoms with Crippen LogP contribution >= 0.6 is 31.9 Å². The fourth-order valence-corrected chi connectivity index (χ4v) is 3.23. The second-order valence-corrected chi connectivity index (χ2v) is 6.04. The summed E-state index contributed by atoms with van der Waals surface area (Å²) >= 11 is 6.70. The highest BCUT2D eigenvalue weighted by atomic mass is 79.9. The summed E-state index contributed by atoms with van der Waals surface area (Å²) in [6, 6.07) is 10.2. The molecule has 4 nitrogen and oxygen atoms in total. The largest absolute Gasteiger partial charge is 0.417 e. The number of aromatic amines is 1. The number of rotatable bonds is 2. The lowest BCUT2D eigenvalue weighted by molar-refractivity contribution is 0.103. The van der Waals surface area contributed by atoms with Gasteiger partial charge in [-0.05, 0) is 36.4 Å². The molecule has 0 radical (unpaired) electrons. The zero-order valence-corrected chi connectivity index (χ0v) is 13.1. The third-order valence-corrected chi connectivity index (χ3v) is 3.72. The SMILES string of the molecule is O=C(c1cc(Br)cc(Br)c1)c1ccc2[nH]c(=O)oc2c1. The van der Waals surface area contributed by atoms with Crippen LogP contribution in [-0.4, -0.2) is 10.8 Å². The minimum Gasteiger partial charge on any atom is -0.408 e. The minimum absolute atomic E-state index is 0.141. The lowest BCUT2D eigenvalue weighted by atomic mass is 10.0.